The van der Waals surface area contributed by atoms with Crippen LogP contribution < -0.4 is 0 Å². The molecule has 1 saturated heterocycles. The molecule has 170 valence electrons. The van der Waals surface area contributed by atoms with Gasteiger partial charge in [-0.1, -0.05) is 6.07 Å². The maximum atomic E-state index is 13.2. The number of amides is 2. The quantitative estimate of drug-likeness (QED) is 0.368. The minimum atomic E-state index is -0.612. The van der Waals surface area contributed by atoms with Gasteiger partial charge in [0.2, 0.25) is 0 Å². The Labute approximate surface area is 194 Å². The molecule has 1 N–H and O–H groups in total. The highest BCUT2D eigenvalue weighted by Gasteiger charge is 2.34. The van der Waals surface area contributed by atoms with Crippen LogP contribution in [-0.4, -0.2) is 78.0 Å². The summed E-state index contributed by atoms with van der Waals surface area (Å²) >= 11 is 0. The monoisotopic (exact) mass is 455 g/mol. The van der Waals surface area contributed by atoms with Crippen molar-refractivity contribution in [2.75, 3.05) is 19.6 Å². The van der Waals surface area contributed by atoms with Crippen LogP contribution in [0.15, 0.2) is 61.4 Å². The smallest absolute Gasteiger partial charge is 0.295 e. The molecule has 0 aromatic carbocycles. The van der Waals surface area contributed by atoms with Crippen molar-refractivity contribution in [3.05, 3.63) is 72.7 Å². The molecule has 1 aliphatic heterocycles. The maximum Gasteiger partial charge on any atom is 0.295 e. The molecule has 0 bridgehead atoms. The third-order valence-electron chi connectivity index (χ3n) is 5.91. The highest BCUT2D eigenvalue weighted by Crippen LogP contribution is 2.27. The summed E-state index contributed by atoms with van der Waals surface area (Å²) in [5.41, 5.74) is 2.34. The number of ketones is 1. The Hall–Kier alpha value is -4.47. The number of aromatic nitrogens is 5. The molecule has 1 fully saturated rings. The van der Waals surface area contributed by atoms with Crippen LogP contribution in [0.4, 0.5) is 0 Å². The molecule has 1 aliphatic rings. The van der Waals surface area contributed by atoms with Crippen LogP contribution in [0.2, 0.25) is 0 Å². The van der Waals surface area contributed by atoms with Crippen molar-refractivity contribution in [1.29, 1.82) is 0 Å². The molecule has 10 heteroatoms. The van der Waals surface area contributed by atoms with E-state index in [1.807, 2.05) is 6.92 Å². The second-order valence-corrected chi connectivity index (χ2v) is 8.02. The molecular weight excluding hydrogens is 434 g/mol. The Morgan fingerprint density at radius 2 is 1.88 bits per heavy atom. The van der Waals surface area contributed by atoms with Gasteiger partial charge >= 0.3 is 0 Å². The van der Waals surface area contributed by atoms with Crippen molar-refractivity contribution in [3.63, 3.8) is 0 Å². The van der Waals surface area contributed by atoms with Crippen molar-refractivity contribution in [1.82, 2.24) is 34.7 Å². The first-order valence-electron chi connectivity index (χ1n) is 10.8. The van der Waals surface area contributed by atoms with E-state index in [-0.39, 0.29) is 30.6 Å². The molecule has 2 amide bonds. The van der Waals surface area contributed by atoms with Crippen molar-refractivity contribution < 1.29 is 14.4 Å². The van der Waals surface area contributed by atoms with Crippen LogP contribution in [0.1, 0.15) is 27.8 Å². The Morgan fingerprint density at radius 1 is 1.00 bits per heavy atom. The van der Waals surface area contributed by atoms with Crippen molar-refractivity contribution in [2.45, 2.75) is 13.0 Å². The molecule has 5 rings (SSSR count). The van der Waals surface area contributed by atoms with E-state index in [0.29, 0.717) is 34.5 Å². The van der Waals surface area contributed by atoms with Gasteiger partial charge in [0.05, 0.1) is 17.3 Å². The van der Waals surface area contributed by atoms with Gasteiger partial charge in [-0.25, -0.2) is 0 Å². The number of nitrogens with zero attached hydrogens (tertiary/aromatic N) is 6. The minimum absolute atomic E-state index is 0.188. The highest BCUT2D eigenvalue weighted by atomic mass is 16.2. The second kappa shape index (κ2) is 8.81. The van der Waals surface area contributed by atoms with Crippen molar-refractivity contribution in [2.24, 2.45) is 0 Å². The first-order chi connectivity index (χ1) is 16.5. The molecule has 5 heterocycles. The van der Waals surface area contributed by atoms with Gasteiger partial charge in [0.15, 0.2) is 0 Å². The van der Waals surface area contributed by atoms with Gasteiger partial charge in [-0.15, -0.1) is 0 Å². The predicted molar refractivity (Wildman–Crippen MR) is 123 cm³/mol. The van der Waals surface area contributed by atoms with Crippen molar-refractivity contribution >= 4 is 28.5 Å². The second-order valence-electron chi connectivity index (χ2n) is 8.02. The van der Waals surface area contributed by atoms with Crippen LogP contribution in [0.3, 0.4) is 0 Å². The number of nitrogens with one attached hydrogen (secondary N) is 1. The largest absolute Gasteiger partial charge is 0.359 e. The third-order valence-corrected chi connectivity index (χ3v) is 5.91. The fourth-order valence-electron chi connectivity index (χ4n) is 4.20. The van der Waals surface area contributed by atoms with Gasteiger partial charge < -0.3 is 14.8 Å². The number of hydrogen-bond donors (Lipinski definition) is 1. The Morgan fingerprint density at radius 3 is 2.62 bits per heavy atom. The summed E-state index contributed by atoms with van der Waals surface area (Å²) in [6.45, 7) is 2.71. The Bertz CT molecular complexity index is 1370. The molecule has 1 atom stereocenters. The molecule has 34 heavy (non-hydrogen) atoms. The number of hydrogen-bond acceptors (Lipinski definition) is 7. The van der Waals surface area contributed by atoms with Crippen LogP contribution in [0.5, 0.6) is 0 Å². The molecule has 4 aromatic rings. The lowest BCUT2D eigenvalue weighted by Crippen LogP contribution is -2.56. The zero-order valence-electron chi connectivity index (χ0n) is 18.4. The minimum Gasteiger partial charge on any atom is -0.359 e. The third kappa shape index (κ3) is 3.79. The van der Waals surface area contributed by atoms with Gasteiger partial charge in [-0.2, -0.15) is 0 Å². The molecule has 0 spiro atoms. The number of aromatic amines is 1. The lowest BCUT2D eigenvalue weighted by Gasteiger charge is -2.39. The van der Waals surface area contributed by atoms with Gasteiger partial charge in [-0.05, 0) is 25.1 Å². The summed E-state index contributed by atoms with van der Waals surface area (Å²) in [7, 11) is 0. The van der Waals surface area contributed by atoms with E-state index in [1.54, 1.807) is 60.1 Å². The SMILES string of the molecule is C[C@@H]1CN(C(=O)C(=O)c2c[nH]c3c(-c4cnccn4)nccc23)CCN1C(=O)c1ccccn1. The average Bonchev–Trinajstić information content (AvgIpc) is 3.33. The van der Waals surface area contributed by atoms with Crippen molar-refractivity contribution in [3.8, 4) is 11.4 Å². The van der Waals surface area contributed by atoms with Gasteiger partial charge in [0.1, 0.15) is 17.1 Å². The predicted octanol–water partition coefficient (Wildman–Crippen LogP) is 1.97. The molecular formula is C24H21N7O3. The van der Waals surface area contributed by atoms with Gasteiger partial charge in [-0.3, -0.25) is 34.3 Å². The number of piperazine rings is 1. The molecule has 0 unspecified atom stereocenters. The zero-order valence-corrected chi connectivity index (χ0v) is 18.4. The van der Waals surface area contributed by atoms with Crippen LogP contribution in [-0.2, 0) is 4.79 Å². The fourth-order valence-corrected chi connectivity index (χ4v) is 4.20. The molecule has 0 aliphatic carbocycles. The van der Waals surface area contributed by atoms with Crippen LogP contribution in [0.25, 0.3) is 22.3 Å². The number of H-pyrrole nitrogens is 1. The van der Waals surface area contributed by atoms with E-state index in [9.17, 15) is 14.4 Å². The van der Waals surface area contributed by atoms with E-state index >= 15 is 0 Å². The van der Waals surface area contributed by atoms with E-state index in [4.69, 9.17) is 0 Å². The number of Topliss-reactive ketones (excluding diaryl/α,β-unsaturated/α-hetero) is 1. The standard InChI is InChI=1S/C24H21N7O3/c1-15-14-30(10-11-31(15)23(33)18-4-2-3-6-26-18)24(34)22(32)17-12-29-20-16(17)5-7-28-21(20)19-13-25-8-9-27-19/h2-9,12-13,15,29H,10-11,14H2,1H3/t15-/m1/s1. The molecule has 10 nitrogen and oxygen atoms in total. The summed E-state index contributed by atoms with van der Waals surface area (Å²) in [5.74, 6) is -1.40. The zero-order chi connectivity index (χ0) is 23.7. The number of carbonyl (C=O) groups is 3. The van der Waals surface area contributed by atoms with Gasteiger partial charge in [0, 0.05) is 62.0 Å². The fraction of sp³-hybridized carbons (Fsp3) is 0.208. The topological polar surface area (TPSA) is 125 Å². The summed E-state index contributed by atoms with van der Waals surface area (Å²) < 4.78 is 0. The maximum absolute atomic E-state index is 13.2. The Kier molecular flexibility index (Phi) is 5.54. The van der Waals surface area contributed by atoms with Crippen LogP contribution in [0, 0.1) is 0 Å². The lowest BCUT2D eigenvalue weighted by atomic mass is 10.1. The highest BCUT2D eigenvalue weighted by molar-refractivity contribution is 6.45. The number of rotatable bonds is 4. The number of carbonyl (C=O) groups excluding carboxylic acids is 3. The first kappa shape index (κ1) is 21.4. The number of pyridine rings is 2. The van der Waals surface area contributed by atoms with Crippen LogP contribution >= 0.6 is 0 Å². The summed E-state index contributed by atoms with van der Waals surface area (Å²) in [5, 5.41) is 0.589. The normalized spacial score (nSPS) is 16.0. The van der Waals surface area contributed by atoms with E-state index in [0.717, 1.165) is 0 Å². The molecule has 0 saturated carbocycles. The molecule has 4 aromatic heterocycles. The average molecular weight is 455 g/mol. The summed E-state index contributed by atoms with van der Waals surface area (Å²) in [6.07, 6.45) is 9.39. The summed E-state index contributed by atoms with van der Waals surface area (Å²) in [6, 6.07) is 6.61. The lowest BCUT2D eigenvalue weighted by molar-refractivity contribution is -0.128. The van der Waals surface area contributed by atoms with E-state index in [2.05, 4.69) is 24.9 Å². The molecule has 0 radical (unpaired) electrons. The Balaban J connectivity index is 1.34. The van der Waals surface area contributed by atoms with E-state index < -0.39 is 11.7 Å². The van der Waals surface area contributed by atoms with E-state index in [1.165, 1.54) is 11.1 Å². The van der Waals surface area contributed by atoms with Gasteiger partial charge in [0.25, 0.3) is 17.6 Å². The number of fused-ring (bicyclic) bond motifs is 1. The summed E-state index contributed by atoms with van der Waals surface area (Å²) in [4.78, 5) is 62.1. The first-order valence-corrected chi connectivity index (χ1v) is 10.8.